The monoisotopic (exact) mass is 223 g/mol. The zero-order valence-electron chi connectivity index (χ0n) is 8.68. The maximum absolute atomic E-state index is 13.1. The Morgan fingerprint density at radius 1 is 1.06 bits per heavy atom. The van der Waals surface area contributed by atoms with Crippen molar-refractivity contribution in [3.8, 4) is 23.4 Å². The van der Waals surface area contributed by atoms with Crippen LogP contribution in [0.2, 0.25) is 0 Å². The maximum Gasteiger partial charge on any atom is 0.141 e. The van der Waals surface area contributed by atoms with Crippen molar-refractivity contribution in [2.75, 3.05) is 0 Å². The molecule has 0 aliphatic heterocycles. The molecule has 0 radical (unpaired) electrons. The largest absolute Gasteiger partial charge is 0.237 e. The molecule has 0 unspecified atom stereocenters. The van der Waals surface area contributed by atoms with Gasteiger partial charge in [0.1, 0.15) is 23.6 Å². The van der Waals surface area contributed by atoms with E-state index in [2.05, 4.69) is 4.98 Å². The lowest BCUT2D eigenvalue weighted by molar-refractivity contribution is 0.624. The Hall–Kier alpha value is -2.72. The molecule has 0 aliphatic carbocycles. The van der Waals surface area contributed by atoms with E-state index in [1.165, 1.54) is 18.2 Å². The highest BCUT2D eigenvalue weighted by Crippen LogP contribution is 2.20. The van der Waals surface area contributed by atoms with Gasteiger partial charge in [-0.05, 0) is 30.3 Å². The molecule has 2 rings (SSSR count). The molecule has 4 heteroatoms. The number of aromatic nitrogens is 1. The number of nitriles is 2. The first-order chi connectivity index (χ1) is 8.24. The van der Waals surface area contributed by atoms with Gasteiger partial charge in [0.2, 0.25) is 0 Å². The lowest BCUT2D eigenvalue weighted by Gasteiger charge is -2.02. The average molecular weight is 223 g/mol. The van der Waals surface area contributed by atoms with Gasteiger partial charge in [0.25, 0.3) is 0 Å². The van der Waals surface area contributed by atoms with E-state index in [1.807, 2.05) is 6.07 Å². The summed E-state index contributed by atoms with van der Waals surface area (Å²) in [4.78, 5) is 4.07. The van der Waals surface area contributed by atoms with Gasteiger partial charge in [0.15, 0.2) is 0 Å². The van der Waals surface area contributed by atoms with Gasteiger partial charge in [-0.3, -0.25) is 0 Å². The summed E-state index contributed by atoms with van der Waals surface area (Å²) in [5, 5.41) is 17.5. The summed E-state index contributed by atoms with van der Waals surface area (Å²) in [6.07, 6.45) is 0. The van der Waals surface area contributed by atoms with Crippen LogP contribution in [-0.4, -0.2) is 4.98 Å². The van der Waals surface area contributed by atoms with Gasteiger partial charge in [0.05, 0.1) is 11.3 Å². The summed E-state index contributed by atoms with van der Waals surface area (Å²) < 4.78 is 13.1. The highest BCUT2D eigenvalue weighted by molar-refractivity contribution is 5.62. The maximum atomic E-state index is 13.1. The number of benzene rings is 1. The smallest absolute Gasteiger partial charge is 0.141 e. The van der Waals surface area contributed by atoms with Crippen LogP contribution in [0.1, 0.15) is 11.3 Å². The molecular weight excluding hydrogens is 217 g/mol. The summed E-state index contributed by atoms with van der Waals surface area (Å²) in [6.45, 7) is 0. The Morgan fingerprint density at radius 2 is 1.88 bits per heavy atom. The van der Waals surface area contributed by atoms with E-state index < -0.39 is 5.82 Å². The molecule has 0 amide bonds. The van der Waals surface area contributed by atoms with Crippen LogP contribution in [0.25, 0.3) is 11.3 Å². The van der Waals surface area contributed by atoms with Crippen LogP contribution in [0.5, 0.6) is 0 Å². The van der Waals surface area contributed by atoms with E-state index in [4.69, 9.17) is 10.5 Å². The number of pyridine rings is 1. The van der Waals surface area contributed by atoms with Crippen LogP contribution < -0.4 is 0 Å². The number of rotatable bonds is 1. The van der Waals surface area contributed by atoms with Crippen molar-refractivity contribution < 1.29 is 4.39 Å². The summed E-state index contributed by atoms with van der Waals surface area (Å²) in [6, 6.07) is 12.8. The Morgan fingerprint density at radius 3 is 2.59 bits per heavy atom. The molecule has 0 N–H and O–H groups in total. The van der Waals surface area contributed by atoms with Crippen molar-refractivity contribution in [1.29, 1.82) is 10.5 Å². The molecule has 0 fully saturated rings. The molecule has 0 spiro atoms. The van der Waals surface area contributed by atoms with E-state index in [9.17, 15) is 4.39 Å². The molecule has 0 saturated carbocycles. The zero-order chi connectivity index (χ0) is 12.3. The highest BCUT2D eigenvalue weighted by atomic mass is 19.1. The molecule has 1 aromatic heterocycles. The first kappa shape index (κ1) is 10.8. The van der Waals surface area contributed by atoms with Gasteiger partial charge in [0, 0.05) is 5.56 Å². The minimum atomic E-state index is -0.562. The minimum absolute atomic E-state index is 0.0355. The fraction of sp³-hybridized carbons (Fsp3) is 0. The van der Waals surface area contributed by atoms with Crippen LogP contribution in [-0.2, 0) is 0 Å². The second-order valence-electron chi connectivity index (χ2n) is 3.33. The zero-order valence-corrected chi connectivity index (χ0v) is 8.68. The quantitative estimate of drug-likeness (QED) is 0.746. The molecule has 1 aromatic carbocycles. The molecule has 0 saturated heterocycles. The lowest BCUT2D eigenvalue weighted by Crippen LogP contribution is -1.89. The Bertz CT molecular complexity index is 650. The third kappa shape index (κ3) is 2.11. The van der Waals surface area contributed by atoms with Crippen molar-refractivity contribution in [1.82, 2.24) is 4.98 Å². The Labute approximate surface area is 97.4 Å². The molecule has 3 nitrogen and oxygen atoms in total. The van der Waals surface area contributed by atoms with Gasteiger partial charge in [-0.2, -0.15) is 10.5 Å². The number of nitrogens with zero attached hydrogens (tertiary/aromatic N) is 3. The summed E-state index contributed by atoms with van der Waals surface area (Å²) >= 11 is 0. The molecule has 0 bridgehead atoms. The minimum Gasteiger partial charge on any atom is -0.237 e. The van der Waals surface area contributed by atoms with Crippen molar-refractivity contribution in [2.45, 2.75) is 0 Å². The van der Waals surface area contributed by atoms with Crippen molar-refractivity contribution >= 4 is 0 Å². The van der Waals surface area contributed by atoms with E-state index in [0.717, 1.165) is 0 Å². The molecule has 80 valence electrons. The highest BCUT2D eigenvalue weighted by Gasteiger charge is 2.06. The van der Waals surface area contributed by atoms with Crippen molar-refractivity contribution in [3.63, 3.8) is 0 Å². The van der Waals surface area contributed by atoms with Gasteiger partial charge in [-0.15, -0.1) is 0 Å². The average Bonchev–Trinajstić information content (AvgIpc) is 2.39. The van der Waals surface area contributed by atoms with Gasteiger partial charge in [-0.25, -0.2) is 9.37 Å². The molecule has 0 aliphatic rings. The fourth-order valence-electron chi connectivity index (χ4n) is 1.43. The van der Waals surface area contributed by atoms with Gasteiger partial charge >= 0.3 is 0 Å². The SMILES string of the molecule is N#Cc1cccc(-c2ccc(F)c(C#N)c2)n1. The summed E-state index contributed by atoms with van der Waals surface area (Å²) in [7, 11) is 0. The number of hydrogen-bond donors (Lipinski definition) is 0. The summed E-state index contributed by atoms with van der Waals surface area (Å²) in [5.74, 6) is -0.562. The predicted octanol–water partition coefficient (Wildman–Crippen LogP) is 2.63. The molecule has 2 aromatic rings. The molecular formula is C13H6FN3. The van der Waals surface area contributed by atoms with Crippen LogP contribution in [0, 0.1) is 28.5 Å². The van der Waals surface area contributed by atoms with Gasteiger partial charge < -0.3 is 0 Å². The van der Waals surface area contributed by atoms with E-state index in [-0.39, 0.29) is 11.3 Å². The Kier molecular flexibility index (Phi) is 2.81. The molecule has 0 atom stereocenters. The predicted molar refractivity (Wildman–Crippen MR) is 59.1 cm³/mol. The Balaban J connectivity index is 2.54. The standard InChI is InChI=1S/C13H6FN3/c14-12-5-4-9(6-10(12)7-15)13-3-1-2-11(8-16)17-13/h1-6H. The van der Waals surface area contributed by atoms with Crippen LogP contribution in [0.4, 0.5) is 4.39 Å². The van der Waals surface area contributed by atoms with Crippen LogP contribution in [0.3, 0.4) is 0 Å². The fourth-order valence-corrected chi connectivity index (χ4v) is 1.43. The molecule has 1 heterocycles. The third-order valence-corrected chi connectivity index (χ3v) is 2.25. The second-order valence-corrected chi connectivity index (χ2v) is 3.33. The first-order valence-electron chi connectivity index (χ1n) is 4.82. The topological polar surface area (TPSA) is 60.5 Å². The van der Waals surface area contributed by atoms with Crippen LogP contribution >= 0.6 is 0 Å². The van der Waals surface area contributed by atoms with Crippen molar-refractivity contribution in [3.05, 3.63) is 53.5 Å². The van der Waals surface area contributed by atoms with E-state index in [1.54, 1.807) is 24.3 Å². The summed E-state index contributed by atoms with van der Waals surface area (Å²) in [5.41, 5.74) is 1.40. The lowest BCUT2D eigenvalue weighted by atomic mass is 10.1. The normalized spacial score (nSPS) is 9.35. The van der Waals surface area contributed by atoms with Crippen LogP contribution in [0.15, 0.2) is 36.4 Å². The van der Waals surface area contributed by atoms with Crippen molar-refractivity contribution in [2.24, 2.45) is 0 Å². The number of halogens is 1. The molecule has 17 heavy (non-hydrogen) atoms. The van der Waals surface area contributed by atoms with E-state index in [0.29, 0.717) is 11.3 Å². The third-order valence-electron chi connectivity index (χ3n) is 2.25. The van der Waals surface area contributed by atoms with Gasteiger partial charge in [-0.1, -0.05) is 6.07 Å². The second kappa shape index (κ2) is 4.42. The number of hydrogen-bond acceptors (Lipinski definition) is 3. The first-order valence-corrected chi connectivity index (χ1v) is 4.82. The van der Waals surface area contributed by atoms with E-state index >= 15 is 0 Å².